The molecular formula is C13H19N5O3. The van der Waals surface area contributed by atoms with Gasteiger partial charge >= 0.3 is 0 Å². The number of oxime groups is 1. The quantitative estimate of drug-likeness (QED) is 0.288. The highest BCUT2D eigenvalue weighted by Gasteiger charge is 2.22. The van der Waals surface area contributed by atoms with Crippen molar-refractivity contribution in [3.05, 3.63) is 27.9 Å². The molecule has 0 spiro atoms. The molecule has 1 aromatic rings. The normalized spacial score (nSPS) is 20.1. The lowest BCUT2D eigenvalue weighted by molar-refractivity contribution is -0.385. The van der Waals surface area contributed by atoms with E-state index in [0.29, 0.717) is 11.7 Å². The minimum Gasteiger partial charge on any atom is -0.409 e. The third-order valence-electron chi connectivity index (χ3n) is 3.75. The van der Waals surface area contributed by atoms with Crippen molar-refractivity contribution in [2.24, 2.45) is 16.8 Å². The minimum atomic E-state index is -0.589. The van der Waals surface area contributed by atoms with E-state index in [-0.39, 0.29) is 17.2 Å². The molecule has 1 unspecified atom stereocenters. The van der Waals surface area contributed by atoms with Gasteiger partial charge in [0, 0.05) is 19.2 Å². The molecule has 1 aliphatic rings. The molecule has 1 saturated heterocycles. The molecule has 0 aromatic carbocycles. The van der Waals surface area contributed by atoms with Crippen molar-refractivity contribution in [1.29, 1.82) is 0 Å². The smallest absolute Gasteiger partial charge is 0.298 e. The van der Waals surface area contributed by atoms with Crippen molar-refractivity contribution in [3.63, 3.8) is 0 Å². The molecule has 3 N–H and O–H groups in total. The molecule has 0 aliphatic carbocycles. The molecule has 8 heteroatoms. The van der Waals surface area contributed by atoms with E-state index < -0.39 is 4.92 Å². The molecule has 1 fully saturated rings. The van der Waals surface area contributed by atoms with Gasteiger partial charge in [0.2, 0.25) is 0 Å². The van der Waals surface area contributed by atoms with E-state index in [0.717, 1.165) is 32.4 Å². The van der Waals surface area contributed by atoms with Gasteiger partial charge in [0.1, 0.15) is 5.82 Å². The van der Waals surface area contributed by atoms with Gasteiger partial charge in [0.25, 0.3) is 5.69 Å². The zero-order chi connectivity index (χ0) is 15.4. The second kappa shape index (κ2) is 6.38. The molecule has 114 valence electrons. The fourth-order valence-electron chi connectivity index (χ4n) is 2.49. The summed E-state index contributed by atoms with van der Waals surface area (Å²) in [6, 6.07) is 2.96. The van der Waals surface area contributed by atoms with E-state index in [1.54, 1.807) is 6.07 Å². The van der Waals surface area contributed by atoms with Crippen LogP contribution in [0.3, 0.4) is 0 Å². The third kappa shape index (κ3) is 3.39. The van der Waals surface area contributed by atoms with E-state index in [2.05, 4.69) is 22.0 Å². The van der Waals surface area contributed by atoms with Gasteiger partial charge in [-0.2, -0.15) is 0 Å². The first-order valence-corrected chi connectivity index (χ1v) is 6.91. The number of nitrogens with two attached hydrogens (primary N) is 1. The van der Waals surface area contributed by atoms with Crippen LogP contribution in [0.2, 0.25) is 0 Å². The van der Waals surface area contributed by atoms with Crippen LogP contribution in [0.4, 0.5) is 11.5 Å². The van der Waals surface area contributed by atoms with Gasteiger partial charge in [-0.3, -0.25) is 10.1 Å². The summed E-state index contributed by atoms with van der Waals surface area (Å²) in [5.41, 5.74) is 5.13. The molecule has 1 atom stereocenters. The molecule has 21 heavy (non-hydrogen) atoms. The molecule has 0 bridgehead atoms. The average molecular weight is 293 g/mol. The van der Waals surface area contributed by atoms with Crippen molar-refractivity contribution in [2.75, 3.05) is 18.0 Å². The Kier molecular flexibility index (Phi) is 4.56. The summed E-state index contributed by atoms with van der Waals surface area (Å²) in [5.74, 6) is 0.930. The maximum atomic E-state index is 11.0. The topological polar surface area (TPSA) is 118 Å². The largest absolute Gasteiger partial charge is 0.409 e. The molecule has 0 radical (unpaired) electrons. The lowest BCUT2D eigenvalue weighted by Crippen LogP contribution is -2.27. The Labute approximate surface area is 122 Å². The minimum absolute atomic E-state index is 0.0997. The zero-order valence-electron chi connectivity index (χ0n) is 11.9. The van der Waals surface area contributed by atoms with E-state index in [9.17, 15) is 10.1 Å². The van der Waals surface area contributed by atoms with Gasteiger partial charge in [-0.15, -0.1) is 0 Å². The summed E-state index contributed by atoms with van der Waals surface area (Å²) in [6.07, 6.45) is 3.27. The second-order valence-electron chi connectivity index (χ2n) is 5.30. The molecule has 0 saturated carbocycles. The number of hydrogen-bond donors (Lipinski definition) is 2. The van der Waals surface area contributed by atoms with E-state index in [4.69, 9.17) is 10.9 Å². The third-order valence-corrected chi connectivity index (χ3v) is 3.75. The Balaban J connectivity index is 2.35. The highest BCUT2D eigenvalue weighted by molar-refractivity contribution is 5.99. The number of rotatable bonds is 3. The molecule has 0 amide bonds. The summed E-state index contributed by atoms with van der Waals surface area (Å²) in [6.45, 7) is 3.92. The number of nitro groups is 1. The Hall–Kier alpha value is -2.38. The second-order valence-corrected chi connectivity index (χ2v) is 5.30. The first-order valence-electron chi connectivity index (χ1n) is 6.91. The van der Waals surface area contributed by atoms with E-state index in [1.807, 2.05) is 0 Å². The summed E-state index contributed by atoms with van der Waals surface area (Å²) >= 11 is 0. The number of nitrogens with zero attached hydrogens (tertiary/aromatic N) is 4. The van der Waals surface area contributed by atoms with Gasteiger partial charge in [0.15, 0.2) is 11.5 Å². The summed E-state index contributed by atoms with van der Waals surface area (Å²) < 4.78 is 0. The number of aromatic nitrogens is 1. The Bertz CT molecular complexity index is 561. The lowest BCUT2D eigenvalue weighted by Gasteiger charge is -2.21. The number of pyridine rings is 1. The maximum absolute atomic E-state index is 11.0. The summed E-state index contributed by atoms with van der Waals surface area (Å²) in [4.78, 5) is 16.7. The van der Waals surface area contributed by atoms with Crippen LogP contribution in [0.15, 0.2) is 17.3 Å². The maximum Gasteiger partial charge on any atom is 0.298 e. The first kappa shape index (κ1) is 15.0. The van der Waals surface area contributed by atoms with Gasteiger partial charge in [0.05, 0.1) is 4.92 Å². The highest BCUT2D eigenvalue weighted by atomic mass is 16.6. The van der Waals surface area contributed by atoms with Crippen LogP contribution < -0.4 is 10.6 Å². The Morgan fingerprint density at radius 2 is 2.29 bits per heavy atom. The van der Waals surface area contributed by atoms with E-state index in [1.165, 1.54) is 6.07 Å². The molecule has 2 rings (SSSR count). The van der Waals surface area contributed by atoms with Crippen LogP contribution in [-0.2, 0) is 0 Å². The summed E-state index contributed by atoms with van der Waals surface area (Å²) in [5, 5.41) is 22.6. The Morgan fingerprint density at radius 3 is 2.95 bits per heavy atom. The molecule has 2 heterocycles. The van der Waals surface area contributed by atoms with E-state index >= 15 is 0 Å². The zero-order valence-corrected chi connectivity index (χ0v) is 11.9. The van der Waals surface area contributed by atoms with Crippen molar-refractivity contribution >= 4 is 17.3 Å². The lowest BCUT2D eigenvalue weighted by atomic mass is 10.0. The van der Waals surface area contributed by atoms with Crippen molar-refractivity contribution < 1.29 is 10.1 Å². The predicted octanol–water partition coefficient (Wildman–Crippen LogP) is 1.71. The van der Waals surface area contributed by atoms with Crippen molar-refractivity contribution in [2.45, 2.75) is 26.2 Å². The molecule has 8 nitrogen and oxygen atoms in total. The standard InChI is InChI=1S/C13H19N5O3/c1-9-3-2-7-17(8-6-9)11-5-4-10(18(20)21)12(15-11)13(14)16-19/h4-5,9,19H,2-3,6-8H2,1H3,(H2,14,16). The fraction of sp³-hybridized carbons (Fsp3) is 0.538. The summed E-state index contributed by atoms with van der Waals surface area (Å²) in [7, 11) is 0. The van der Waals surface area contributed by atoms with Crippen LogP contribution in [0.1, 0.15) is 31.9 Å². The monoisotopic (exact) mass is 293 g/mol. The number of amidine groups is 1. The van der Waals surface area contributed by atoms with Crippen LogP contribution in [0.25, 0.3) is 0 Å². The molecular weight excluding hydrogens is 274 g/mol. The SMILES string of the molecule is CC1CCCN(c2ccc([N+](=O)[O-])c(/C(N)=N/O)n2)CC1. The van der Waals surface area contributed by atoms with Crippen molar-refractivity contribution in [1.82, 2.24) is 4.98 Å². The van der Waals surface area contributed by atoms with Crippen LogP contribution in [0, 0.1) is 16.0 Å². The van der Waals surface area contributed by atoms with Gasteiger partial charge in [-0.25, -0.2) is 4.98 Å². The van der Waals surface area contributed by atoms with Gasteiger partial charge < -0.3 is 15.8 Å². The molecule has 1 aliphatic heterocycles. The number of anilines is 1. The van der Waals surface area contributed by atoms with Crippen LogP contribution >= 0.6 is 0 Å². The molecule has 1 aromatic heterocycles. The predicted molar refractivity (Wildman–Crippen MR) is 78.6 cm³/mol. The van der Waals surface area contributed by atoms with Gasteiger partial charge in [-0.1, -0.05) is 12.1 Å². The Morgan fingerprint density at radius 1 is 1.52 bits per heavy atom. The first-order chi connectivity index (χ1) is 10.0. The highest BCUT2D eigenvalue weighted by Crippen LogP contribution is 2.24. The van der Waals surface area contributed by atoms with Gasteiger partial charge in [-0.05, 0) is 31.2 Å². The average Bonchev–Trinajstić information content (AvgIpc) is 2.70. The van der Waals surface area contributed by atoms with Crippen molar-refractivity contribution in [3.8, 4) is 0 Å². The fourth-order valence-corrected chi connectivity index (χ4v) is 2.49. The number of hydrogen-bond acceptors (Lipinski definition) is 6. The van der Waals surface area contributed by atoms with Crippen LogP contribution in [-0.4, -0.2) is 34.0 Å². The van der Waals surface area contributed by atoms with Crippen LogP contribution in [0.5, 0.6) is 0 Å².